The second kappa shape index (κ2) is 20.4. The minimum absolute atomic E-state index is 0. The van der Waals surface area contributed by atoms with Gasteiger partial charge < -0.3 is 19.1 Å². The van der Waals surface area contributed by atoms with Crippen LogP contribution in [-0.4, -0.2) is 9.55 Å². The fourth-order valence-electron chi connectivity index (χ4n) is 11.4. The van der Waals surface area contributed by atoms with Gasteiger partial charge in [-0.3, -0.25) is 0 Å². The fourth-order valence-corrected chi connectivity index (χ4v) is 11.4. The Bertz CT molecular complexity index is 3870. The smallest absolute Gasteiger partial charge is 0.135 e. The molecule has 0 spiro atoms. The van der Waals surface area contributed by atoms with Crippen molar-refractivity contribution >= 4 is 44.6 Å². The van der Waals surface area contributed by atoms with Gasteiger partial charge in [0, 0.05) is 77.6 Å². The predicted molar refractivity (Wildman–Crippen MR) is 319 cm³/mol. The molecule has 6 heteroatoms. The Kier molecular flexibility index (Phi) is 13.6. The third-order valence-electron chi connectivity index (χ3n) is 16.5. The molecule has 0 saturated heterocycles. The van der Waals surface area contributed by atoms with Crippen LogP contribution < -0.4 is 14.5 Å². The van der Waals surface area contributed by atoms with E-state index in [2.05, 4.69) is 307 Å². The first-order chi connectivity index (χ1) is 37.2. The van der Waals surface area contributed by atoms with E-state index in [0.717, 1.165) is 55.9 Å². The van der Waals surface area contributed by atoms with Crippen LogP contribution >= 0.6 is 0 Å². The van der Waals surface area contributed by atoms with Gasteiger partial charge in [-0.15, -0.1) is 53.6 Å². The number of aromatic nitrogens is 2. The van der Waals surface area contributed by atoms with Gasteiger partial charge in [0.2, 0.25) is 0 Å². The van der Waals surface area contributed by atoms with Crippen LogP contribution in [0.2, 0.25) is 0 Å². The van der Waals surface area contributed by atoms with E-state index >= 15 is 0 Å². The topological polar surface area (TPSA) is 33.5 Å². The summed E-state index contributed by atoms with van der Waals surface area (Å²) < 4.78 is 9.29. The number of para-hydroxylation sites is 3. The van der Waals surface area contributed by atoms with Crippen molar-refractivity contribution in [1.82, 2.24) is 9.55 Å². The minimum Gasteiger partial charge on any atom is -0.509 e. The molecule has 0 unspecified atom stereocenters. The maximum Gasteiger partial charge on any atom is 0.135 e. The van der Waals surface area contributed by atoms with Gasteiger partial charge in [-0.05, 0) is 92.2 Å². The maximum absolute atomic E-state index is 7.07. The molecule has 78 heavy (non-hydrogen) atoms. The Balaban J connectivity index is 0.00000645. The summed E-state index contributed by atoms with van der Waals surface area (Å²) in [7, 11) is 0. The molecule has 11 aromatic rings. The van der Waals surface area contributed by atoms with Crippen LogP contribution in [0.4, 0.5) is 22.7 Å². The largest absolute Gasteiger partial charge is 0.509 e. The molecule has 390 valence electrons. The summed E-state index contributed by atoms with van der Waals surface area (Å²) in [6.07, 6.45) is 1.92. The van der Waals surface area contributed by atoms with Crippen LogP contribution in [0.15, 0.2) is 231 Å². The van der Waals surface area contributed by atoms with Gasteiger partial charge in [0.05, 0.1) is 0 Å². The van der Waals surface area contributed by atoms with E-state index in [9.17, 15) is 0 Å². The summed E-state index contributed by atoms with van der Waals surface area (Å²) in [5.41, 5.74) is 14.5. The van der Waals surface area contributed by atoms with E-state index in [0.29, 0.717) is 11.5 Å². The van der Waals surface area contributed by atoms with Crippen LogP contribution in [-0.2, 0) is 42.7 Å². The standard InChI is InChI=1S/C72H63N4O.Pt/c1-69(2,50-25-13-9-14-26-50)54-39-40-73-68(46-54)76-64-34-22-21-33-62(64)63-38-37-60(48-67(63)76)77-61-45-57(72(7,8)53-31-19-12-20-32-53)44-59(47-61)75-49-74(65-35-23-24-36-66(65)75)58-42-55(70(3,4)51-27-15-10-16-28-51)41-56(43-58)71(5,6)52-29-17-11-18-30-52;/h9-46,49H,1-8H3;/q-3;. The van der Waals surface area contributed by atoms with E-state index in [1.54, 1.807) is 0 Å². The molecule has 0 bridgehead atoms. The van der Waals surface area contributed by atoms with Gasteiger partial charge in [0.1, 0.15) is 5.82 Å². The first-order valence-electron chi connectivity index (χ1n) is 26.8. The summed E-state index contributed by atoms with van der Waals surface area (Å²) in [6.45, 7) is 20.7. The van der Waals surface area contributed by atoms with Crippen molar-refractivity contribution in [2.75, 3.05) is 9.80 Å². The van der Waals surface area contributed by atoms with Gasteiger partial charge in [0.25, 0.3) is 0 Å². The number of pyridine rings is 1. The average molecular weight is 1200 g/mol. The quantitative estimate of drug-likeness (QED) is 0.108. The second-order valence-electron chi connectivity index (χ2n) is 22.6. The monoisotopic (exact) mass is 1190 g/mol. The molecule has 12 rings (SSSR count). The molecule has 0 fully saturated rings. The average Bonchev–Trinajstić information content (AvgIpc) is 4.17. The van der Waals surface area contributed by atoms with Gasteiger partial charge in [-0.25, -0.2) is 4.98 Å². The number of hydrogen-bond donors (Lipinski definition) is 0. The SMILES string of the molecule is CC(C)(c1ccccc1)c1cc(Oc2[c-]c3c(cc2)c2ccccc2n3-c2cc(C(C)(C)c3ccccc3)ccn2)[c-]c(N2[CH-]N(c3cc(C(C)(C)c4ccccc4)cc(C(C)(C)c4ccccc4)c3)c3ccccc32)c1.[Pt]. The van der Waals surface area contributed by atoms with Crippen LogP contribution in [0.5, 0.6) is 11.5 Å². The summed E-state index contributed by atoms with van der Waals surface area (Å²) in [6, 6.07) is 88.0. The van der Waals surface area contributed by atoms with Crippen molar-refractivity contribution in [2.45, 2.75) is 77.0 Å². The number of fused-ring (bicyclic) bond motifs is 4. The van der Waals surface area contributed by atoms with Crippen molar-refractivity contribution in [2.24, 2.45) is 0 Å². The molecule has 0 amide bonds. The van der Waals surface area contributed by atoms with Crippen molar-refractivity contribution in [3.63, 3.8) is 0 Å². The molecule has 0 radical (unpaired) electrons. The number of ether oxygens (including phenoxy) is 1. The van der Waals surface area contributed by atoms with Gasteiger partial charge in [-0.1, -0.05) is 219 Å². The predicted octanol–water partition coefficient (Wildman–Crippen LogP) is 18.3. The van der Waals surface area contributed by atoms with E-state index in [1.807, 2.05) is 12.3 Å². The zero-order valence-electron chi connectivity index (χ0n) is 45.5. The van der Waals surface area contributed by atoms with E-state index in [-0.39, 0.29) is 37.3 Å². The molecular weight excluding hydrogens is 1130 g/mol. The van der Waals surface area contributed by atoms with Crippen LogP contribution in [0, 0.1) is 18.8 Å². The number of hydrogen-bond acceptors (Lipinski definition) is 4. The van der Waals surface area contributed by atoms with Crippen molar-refractivity contribution in [1.29, 1.82) is 0 Å². The maximum atomic E-state index is 7.07. The normalized spacial score (nSPS) is 12.9. The van der Waals surface area contributed by atoms with Crippen LogP contribution in [0.3, 0.4) is 0 Å². The van der Waals surface area contributed by atoms with Crippen LogP contribution in [0.25, 0.3) is 27.6 Å². The van der Waals surface area contributed by atoms with Crippen molar-refractivity contribution in [3.8, 4) is 17.3 Å². The molecule has 5 nitrogen and oxygen atoms in total. The number of anilines is 4. The minimum atomic E-state index is -0.401. The summed E-state index contributed by atoms with van der Waals surface area (Å²) in [5.74, 6) is 2.00. The molecular formula is C72H63N4OPt-3. The summed E-state index contributed by atoms with van der Waals surface area (Å²) in [5, 5.41) is 2.19. The number of rotatable bonds is 13. The fraction of sp³-hybridized carbons (Fsp3) is 0.167. The zero-order chi connectivity index (χ0) is 53.1. The van der Waals surface area contributed by atoms with E-state index in [4.69, 9.17) is 9.72 Å². The Labute approximate surface area is 475 Å². The van der Waals surface area contributed by atoms with Crippen molar-refractivity contribution < 1.29 is 25.8 Å². The molecule has 1 aliphatic rings. The van der Waals surface area contributed by atoms with E-state index < -0.39 is 5.41 Å². The van der Waals surface area contributed by atoms with Gasteiger partial charge >= 0.3 is 0 Å². The molecule has 0 N–H and O–H groups in total. The Hall–Kier alpha value is -7.98. The molecule has 0 atom stereocenters. The first-order valence-corrected chi connectivity index (χ1v) is 26.8. The zero-order valence-corrected chi connectivity index (χ0v) is 47.8. The summed E-state index contributed by atoms with van der Waals surface area (Å²) in [4.78, 5) is 9.63. The third kappa shape index (κ3) is 9.32. The molecule has 0 aliphatic carbocycles. The third-order valence-corrected chi connectivity index (χ3v) is 16.5. The molecule has 3 heterocycles. The van der Waals surface area contributed by atoms with Gasteiger partial charge in [-0.2, -0.15) is 6.07 Å². The van der Waals surface area contributed by atoms with Crippen LogP contribution in [0.1, 0.15) is 99.9 Å². The first kappa shape index (κ1) is 52.1. The number of benzene rings is 9. The molecule has 9 aromatic carbocycles. The molecule has 0 saturated carbocycles. The van der Waals surface area contributed by atoms with Gasteiger partial charge in [0.15, 0.2) is 0 Å². The Morgan fingerprint density at radius 3 is 1.42 bits per heavy atom. The summed E-state index contributed by atoms with van der Waals surface area (Å²) >= 11 is 0. The Morgan fingerprint density at radius 2 is 0.872 bits per heavy atom. The molecule has 2 aromatic heterocycles. The molecule has 1 aliphatic heterocycles. The second-order valence-corrected chi connectivity index (χ2v) is 22.6. The van der Waals surface area contributed by atoms with Crippen molar-refractivity contribution in [3.05, 3.63) is 294 Å². The number of nitrogens with zero attached hydrogens (tertiary/aromatic N) is 4. The Morgan fingerprint density at radius 1 is 0.397 bits per heavy atom. The van der Waals surface area contributed by atoms with E-state index in [1.165, 1.54) is 38.9 Å².